The average molecular weight is 580 g/mol. The van der Waals surface area contributed by atoms with Crippen molar-refractivity contribution in [2.75, 3.05) is 12.3 Å². The van der Waals surface area contributed by atoms with Crippen LogP contribution in [0.3, 0.4) is 0 Å². The molecule has 0 amide bonds. The zero-order valence-electron chi connectivity index (χ0n) is 17.6. The molecule has 8 N–H and O–H groups in total. The molecule has 22 heteroatoms. The maximum absolute atomic E-state index is 15.9. The molecule has 0 spiro atoms. The predicted molar refractivity (Wildman–Crippen MR) is 112 cm³/mol. The zero-order chi connectivity index (χ0) is 27.3. The maximum Gasteiger partial charge on any atom is 0.490 e. The first-order valence-electron chi connectivity index (χ1n) is 9.19. The number of nitrogen functional groups attached to an aromatic ring is 1. The van der Waals surface area contributed by atoms with Gasteiger partial charge in [0.1, 0.15) is 17.6 Å². The van der Waals surface area contributed by atoms with Gasteiger partial charge in [-0.15, -0.1) is 5.92 Å². The molecule has 1 fully saturated rings. The summed E-state index contributed by atoms with van der Waals surface area (Å²) in [6.45, 7) is -0.0595. The van der Waals surface area contributed by atoms with Crippen LogP contribution < -0.4 is 11.3 Å². The number of fused-ring (bicyclic) bond motifs is 1. The molecule has 2 aromatic rings. The van der Waals surface area contributed by atoms with Crippen molar-refractivity contribution in [1.82, 2.24) is 14.5 Å². The number of phosphoric acid groups is 3. The van der Waals surface area contributed by atoms with Gasteiger partial charge in [0, 0.05) is 6.20 Å². The molecule has 1 aliphatic heterocycles. The lowest BCUT2D eigenvalue weighted by Crippen LogP contribution is -2.42. The highest BCUT2D eigenvalue weighted by Crippen LogP contribution is 2.66. The summed E-state index contributed by atoms with van der Waals surface area (Å²) in [5.74, 6) is 2.57. The minimum atomic E-state index is -5.84. The smallest absolute Gasteiger partial charge is 0.386 e. The largest absolute Gasteiger partial charge is 0.490 e. The molecule has 3 rings (SSSR count). The minimum Gasteiger partial charge on any atom is -0.386 e. The van der Waals surface area contributed by atoms with Crippen LogP contribution in [0.15, 0.2) is 11.0 Å². The molecule has 17 nitrogen and oxygen atoms in total. The molecule has 6 atom stereocenters. The number of rotatable bonds is 8. The highest BCUT2D eigenvalue weighted by atomic mass is 31.3. The summed E-state index contributed by atoms with van der Waals surface area (Å²) in [5, 5.41) is 9.86. The Bertz CT molecular complexity index is 1450. The van der Waals surface area contributed by atoms with Crippen LogP contribution in [0, 0.1) is 17.7 Å². The maximum atomic E-state index is 15.9. The summed E-state index contributed by atoms with van der Waals surface area (Å²) in [7, 11) is -17.1. The number of nitrogens with two attached hydrogens (primary N) is 1. The van der Waals surface area contributed by atoms with Gasteiger partial charge in [-0.2, -0.15) is 13.6 Å². The van der Waals surface area contributed by atoms with Crippen LogP contribution in [0.1, 0.15) is 13.2 Å². The van der Waals surface area contributed by atoms with Crippen LogP contribution in [0.5, 0.6) is 0 Å². The highest BCUT2D eigenvalue weighted by molar-refractivity contribution is 7.66. The van der Waals surface area contributed by atoms with Crippen LogP contribution in [0.25, 0.3) is 11.0 Å². The Morgan fingerprint density at radius 3 is 2.50 bits per heavy atom. The van der Waals surface area contributed by atoms with Crippen LogP contribution in [-0.2, 0) is 31.6 Å². The number of aromatic nitrogens is 3. The highest BCUT2D eigenvalue weighted by Gasteiger charge is 2.58. The van der Waals surface area contributed by atoms with E-state index in [9.17, 15) is 37.8 Å². The van der Waals surface area contributed by atoms with Gasteiger partial charge < -0.3 is 35.2 Å². The molecule has 0 saturated carbocycles. The molecule has 1 saturated heterocycles. The van der Waals surface area contributed by atoms with Gasteiger partial charge in [-0.3, -0.25) is 18.9 Å². The Labute approximate surface area is 198 Å². The van der Waals surface area contributed by atoms with E-state index in [0.717, 1.165) is 0 Å². The number of nitrogens with zero attached hydrogens (tertiary/aromatic N) is 2. The Kier molecular flexibility index (Phi) is 7.68. The van der Waals surface area contributed by atoms with E-state index in [4.69, 9.17) is 20.3 Å². The first kappa shape index (κ1) is 28.5. The molecule has 200 valence electrons. The van der Waals surface area contributed by atoms with Gasteiger partial charge in [-0.25, -0.2) is 22.5 Å². The fourth-order valence-electron chi connectivity index (χ4n) is 3.26. The molecule has 2 aromatic heterocycles. The quantitative estimate of drug-likeness (QED) is 0.157. The molecule has 1 aliphatic rings. The number of alkyl halides is 1. The lowest BCUT2D eigenvalue weighted by atomic mass is 9.96. The molecule has 3 heterocycles. The second-order valence-corrected chi connectivity index (χ2v) is 11.5. The second kappa shape index (κ2) is 9.69. The monoisotopic (exact) mass is 580 g/mol. The fraction of sp³-hybridized carbons (Fsp3) is 0.429. The number of nitrogens with one attached hydrogen (secondary N) is 1. The molecular weight excluding hydrogens is 563 g/mol. The number of anilines is 1. The standard InChI is InChI=1S/C14H17F2N4O13P3/c1-2-3-14(16)9(21)7(5-30-35(26,27)33-36(28,29)32-34(23,24)25)31-12(14)20-4-6(15)8-10(20)18-13(17)19-11(8)22/h4,7,9,12,21H,5H2,1H3,(H,26,27)(H,28,29)(H2,23,24,25)(H3,17,18,19,22)/t7-,9+,12-,14?/m1/s1. The summed E-state index contributed by atoms with van der Waals surface area (Å²) in [4.78, 5) is 53.7. The second-order valence-electron chi connectivity index (χ2n) is 7.04. The lowest BCUT2D eigenvalue weighted by Gasteiger charge is -2.24. The van der Waals surface area contributed by atoms with Gasteiger partial charge >= 0.3 is 23.5 Å². The number of hydrogen-bond donors (Lipinski definition) is 7. The number of H-pyrrole nitrogens is 1. The SMILES string of the molecule is CC#CC1(F)[C@@H](O)[C@@H](COP(=O)(O)OP(=O)(O)OP(=O)(O)O)O[C@H]1n1cc(F)c2c(=O)[nH]c(N)nc21. The molecule has 0 aromatic carbocycles. The third-order valence-electron chi connectivity index (χ3n) is 4.49. The van der Waals surface area contributed by atoms with Crippen molar-refractivity contribution in [3.05, 3.63) is 22.4 Å². The molecular formula is C14H17F2N4O13P3. The number of hydrogen-bond acceptors (Lipinski definition) is 11. The summed E-state index contributed by atoms with van der Waals surface area (Å²) in [6, 6.07) is 0. The number of ether oxygens (including phenoxy) is 1. The van der Waals surface area contributed by atoms with E-state index in [1.165, 1.54) is 6.92 Å². The number of aliphatic hydroxyl groups is 1. The van der Waals surface area contributed by atoms with Crippen molar-refractivity contribution in [1.29, 1.82) is 0 Å². The Morgan fingerprint density at radius 1 is 1.28 bits per heavy atom. The van der Waals surface area contributed by atoms with E-state index in [1.807, 2.05) is 10.9 Å². The predicted octanol–water partition coefficient (Wildman–Crippen LogP) is -0.221. The van der Waals surface area contributed by atoms with Crippen LogP contribution in [0.2, 0.25) is 0 Å². The Hall–Kier alpha value is -2.03. The van der Waals surface area contributed by atoms with Crippen molar-refractivity contribution in [2.24, 2.45) is 0 Å². The first-order valence-corrected chi connectivity index (χ1v) is 13.7. The van der Waals surface area contributed by atoms with Crippen LogP contribution in [0.4, 0.5) is 14.7 Å². The van der Waals surface area contributed by atoms with Gasteiger partial charge in [0.15, 0.2) is 17.7 Å². The Morgan fingerprint density at radius 2 is 1.92 bits per heavy atom. The van der Waals surface area contributed by atoms with Gasteiger partial charge in [-0.05, 0) is 6.92 Å². The number of aliphatic hydroxyl groups excluding tert-OH is 1. The van der Waals surface area contributed by atoms with Crippen molar-refractivity contribution >= 4 is 40.4 Å². The fourth-order valence-corrected chi connectivity index (χ4v) is 6.29. The third-order valence-corrected chi connectivity index (χ3v) is 8.29. The van der Waals surface area contributed by atoms with E-state index in [2.05, 4.69) is 24.0 Å². The zero-order valence-corrected chi connectivity index (χ0v) is 20.3. The Balaban J connectivity index is 1.91. The van der Waals surface area contributed by atoms with Crippen molar-refractivity contribution < 1.29 is 65.0 Å². The van der Waals surface area contributed by atoms with Gasteiger partial charge in [0.05, 0.1) is 6.61 Å². The number of halogens is 2. The first-order chi connectivity index (χ1) is 16.4. The van der Waals surface area contributed by atoms with Crippen molar-refractivity contribution in [3.8, 4) is 11.8 Å². The lowest BCUT2D eigenvalue weighted by molar-refractivity contribution is -0.0495. The van der Waals surface area contributed by atoms with Gasteiger partial charge in [-0.1, -0.05) is 5.92 Å². The van der Waals surface area contributed by atoms with E-state index in [1.54, 1.807) is 0 Å². The van der Waals surface area contributed by atoms with Gasteiger partial charge in [0.2, 0.25) is 11.6 Å². The molecule has 3 unspecified atom stereocenters. The van der Waals surface area contributed by atoms with Crippen molar-refractivity contribution in [2.45, 2.75) is 31.0 Å². The summed E-state index contributed by atoms with van der Waals surface area (Å²) < 4.78 is 81.8. The number of aromatic amines is 1. The van der Waals surface area contributed by atoms with Gasteiger partial charge in [0.25, 0.3) is 5.56 Å². The third kappa shape index (κ3) is 5.92. The molecule has 0 aliphatic carbocycles. The van der Waals surface area contributed by atoms with E-state index in [0.29, 0.717) is 10.8 Å². The van der Waals surface area contributed by atoms with E-state index >= 15 is 4.39 Å². The summed E-state index contributed by atoms with van der Waals surface area (Å²) >= 11 is 0. The minimum absolute atomic E-state index is 0.472. The van der Waals surface area contributed by atoms with Crippen molar-refractivity contribution in [3.63, 3.8) is 0 Å². The average Bonchev–Trinajstić information content (AvgIpc) is 3.12. The van der Waals surface area contributed by atoms with E-state index < -0.39 is 82.5 Å². The molecule has 0 radical (unpaired) electrons. The summed E-state index contributed by atoms with van der Waals surface area (Å²) in [6.07, 6.45) is -5.58. The molecule has 36 heavy (non-hydrogen) atoms. The van der Waals surface area contributed by atoms with Crippen LogP contribution >= 0.6 is 23.5 Å². The molecule has 0 bridgehead atoms. The normalized spacial score (nSPS) is 27.8. The summed E-state index contributed by atoms with van der Waals surface area (Å²) in [5.41, 5.74) is 0.886. The van der Waals surface area contributed by atoms with E-state index in [-0.39, 0.29) is 0 Å². The number of phosphoric ester groups is 1. The topological polar surface area (TPSA) is 266 Å². The van der Waals surface area contributed by atoms with Crippen LogP contribution in [-0.4, -0.2) is 63.7 Å².